The molecule has 0 aliphatic carbocycles. The largest absolute Gasteiger partial charge is 0.497 e. The number of rotatable bonds is 6. The summed E-state index contributed by atoms with van der Waals surface area (Å²) in [7, 11) is 1.67. The quantitative estimate of drug-likeness (QED) is 0.468. The Labute approximate surface area is 218 Å². The molecule has 0 saturated carbocycles. The molecule has 5 rings (SSSR count). The van der Waals surface area contributed by atoms with Gasteiger partial charge in [-0.3, -0.25) is 0 Å². The minimum atomic E-state index is 0.505. The molecule has 188 valence electrons. The van der Waals surface area contributed by atoms with Crippen LogP contribution in [-0.2, 0) is 19.5 Å². The highest BCUT2D eigenvalue weighted by Gasteiger charge is 2.23. The van der Waals surface area contributed by atoms with Crippen LogP contribution in [0.4, 0.5) is 17.6 Å². The van der Waals surface area contributed by atoms with E-state index in [4.69, 9.17) is 26.9 Å². The van der Waals surface area contributed by atoms with Gasteiger partial charge in [-0.05, 0) is 66.2 Å². The first-order valence-electron chi connectivity index (χ1n) is 12.7. The minimum absolute atomic E-state index is 0.505. The Balaban J connectivity index is 1.34. The zero-order chi connectivity index (χ0) is 24.9. The number of hydrogen-bond acceptors (Lipinski definition) is 6. The molecule has 1 fully saturated rings. The van der Waals surface area contributed by atoms with E-state index in [0.29, 0.717) is 23.5 Å². The van der Waals surface area contributed by atoms with Crippen molar-refractivity contribution in [1.82, 2.24) is 15.3 Å². The van der Waals surface area contributed by atoms with Gasteiger partial charge in [-0.2, -0.15) is 9.97 Å². The van der Waals surface area contributed by atoms with E-state index < -0.39 is 0 Å². The van der Waals surface area contributed by atoms with E-state index in [9.17, 15) is 0 Å². The standard InChI is InChI=1S/C28H34N6OS/c1-20-6-5-14-33(18-20)25-16-26(34-15-13-22-7-3-4-8-23(22)19-34)31-27(30-25)32-28(36)29-17-21-9-11-24(35-2)12-10-21/h3-4,7-12,16,20H,5-6,13-15,17-19H2,1-2H3,(H2,29,30,31,32,36). The number of nitrogens with zero attached hydrogens (tertiary/aromatic N) is 4. The lowest BCUT2D eigenvalue weighted by molar-refractivity contribution is 0.414. The van der Waals surface area contributed by atoms with Crippen LogP contribution >= 0.6 is 12.2 Å². The van der Waals surface area contributed by atoms with Crippen LogP contribution in [0.25, 0.3) is 0 Å². The van der Waals surface area contributed by atoms with Crippen LogP contribution in [0.5, 0.6) is 5.75 Å². The Kier molecular flexibility index (Phi) is 7.51. The number of ether oxygens (including phenoxy) is 1. The summed E-state index contributed by atoms with van der Waals surface area (Å²) in [5.41, 5.74) is 3.90. The number of fused-ring (bicyclic) bond motifs is 1. The zero-order valence-electron chi connectivity index (χ0n) is 21.0. The fourth-order valence-electron chi connectivity index (χ4n) is 4.96. The van der Waals surface area contributed by atoms with Gasteiger partial charge in [-0.1, -0.05) is 43.3 Å². The van der Waals surface area contributed by atoms with Gasteiger partial charge in [-0.15, -0.1) is 0 Å². The number of thiocarbonyl (C=S) groups is 1. The molecular formula is C28H34N6OS. The highest BCUT2D eigenvalue weighted by atomic mass is 32.1. The van der Waals surface area contributed by atoms with Crippen LogP contribution in [0.15, 0.2) is 54.6 Å². The molecule has 3 heterocycles. The first-order valence-corrected chi connectivity index (χ1v) is 13.1. The Hall–Kier alpha value is -3.39. The molecule has 2 N–H and O–H groups in total. The molecule has 0 radical (unpaired) electrons. The Bertz CT molecular complexity index is 1200. The van der Waals surface area contributed by atoms with E-state index in [2.05, 4.69) is 57.7 Å². The van der Waals surface area contributed by atoms with Crippen molar-refractivity contribution in [2.24, 2.45) is 5.92 Å². The average Bonchev–Trinajstić information content (AvgIpc) is 2.91. The molecule has 36 heavy (non-hydrogen) atoms. The monoisotopic (exact) mass is 502 g/mol. The maximum absolute atomic E-state index is 5.60. The lowest BCUT2D eigenvalue weighted by atomic mass is 10.00. The van der Waals surface area contributed by atoms with E-state index in [1.165, 1.54) is 24.0 Å². The second-order valence-corrected chi connectivity index (χ2v) is 10.1. The number of benzene rings is 2. The SMILES string of the molecule is COc1ccc(CNC(=S)Nc2nc(N3CCc4ccccc4C3)cc(N3CCCC(C)C3)n2)cc1. The number of nitrogens with one attached hydrogen (secondary N) is 2. The van der Waals surface area contributed by atoms with Gasteiger partial charge in [0.1, 0.15) is 17.4 Å². The van der Waals surface area contributed by atoms with Crippen molar-refractivity contribution in [2.75, 3.05) is 41.9 Å². The van der Waals surface area contributed by atoms with E-state index in [1.54, 1.807) is 7.11 Å². The number of aromatic nitrogens is 2. The molecule has 0 bridgehead atoms. The van der Waals surface area contributed by atoms with E-state index in [0.717, 1.165) is 55.5 Å². The first-order chi connectivity index (χ1) is 17.6. The smallest absolute Gasteiger partial charge is 0.232 e. The van der Waals surface area contributed by atoms with Gasteiger partial charge in [0.2, 0.25) is 5.95 Å². The van der Waals surface area contributed by atoms with Gasteiger partial charge in [0.15, 0.2) is 5.11 Å². The second kappa shape index (κ2) is 11.1. The third-order valence-electron chi connectivity index (χ3n) is 6.97. The summed E-state index contributed by atoms with van der Waals surface area (Å²) in [5, 5.41) is 7.02. The van der Waals surface area contributed by atoms with Gasteiger partial charge in [0.25, 0.3) is 0 Å². The molecule has 1 atom stereocenters. The molecule has 8 heteroatoms. The predicted octanol–water partition coefficient (Wildman–Crippen LogP) is 4.77. The lowest BCUT2D eigenvalue weighted by Crippen LogP contribution is -2.36. The molecule has 3 aromatic rings. The van der Waals surface area contributed by atoms with E-state index >= 15 is 0 Å². The highest BCUT2D eigenvalue weighted by Crippen LogP contribution is 2.29. The molecule has 2 aliphatic heterocycles. The molecule has 1 saturated heterocycles. The Morgan fingerprint density at radius 3 is 2.53 bits per heavy atom. The van der Waals surface area contributed by atoms with Crippen molar-refractivity contribution >= 4 is 34.9 Å². The summed E-state index contributed by atoms with van der Waals surface area (Å²) in [4.78, 5) is 14.5. The number of piperidine rings is 1. The van der Waals surface area contributed by atoms with Crippen molar-refractivity contribution in [1.29, 1.82) is 0 Å². The number of anilines is 3. The van der Waals surface area contributed by atoms with Crippen LogP contribution in [0.3, 0.4) is 0 Å². The van der Waals surface area contributed by atoms with Crippen molar-refractivity contribution in [3.63, 3.8) is 0 Å². The maximum atomic E-state index is 5.60. The van der Waals surface area contributed by atoms with Gasteiger partial charge in [0.05, 0.1) is 7.11 Å². The van der Waals surface area contributed by atoms with Crippen molar-refractivity contribution in [2.45, 2.75) is 39.3 Å². The molecule has 0 amide bonds. The maximum Gasteiger partial charge on any atom is 0.232 e. The van der Waals surface area contributed by atoms with Crippen LogP contribution in [0, 0.1) is 5.92 Å². The van der Waals surface area contributed by atoms with Crippen LogP contribution in [-0.4, -0.2) is 41.8 Å². The summed E-state index contributed by atoms with van der Waals surface area (Å²) in [6.07, 6.45) is 3.46. The molecule has 2 aliphatic rings. The fourth-order valence-corrected chi connectivity index (χ4v) is 5.13. The molecule has 1 aromatic heterocycles. The summed E-state index contributed by atoms with van der Waals surface area (Å²) < 4.78 is 5.24. The van der Waals surface area contributed by atoms with E-state index in [1.807, 2.05) is 24.3 Å². The van der Waals surface area contributed by atoms with Gasteiger partial charge in [0, 0.05) is 38.8 Å². The molecule has 0 spiro atoms. The van der Waals surface area contributed by atoms with Crippen LogP contribution < -0.4 is 25.2 Å². The third-order valence-corrected chi connectivity index (χ3v) is 7.22. The van der Waals surface area contributed by atoms with Crippen molar-refractivity contribution in [3.8, 4) is 5.75 Å². The van der Waals surface area contributed by atoms with Gasteiger partial charge in [-0.25, -0.2) is 0 Å². The minimum Gasteiger partial charge on any atom is -0.497 e. The number of hydrogen-bond donors (Lipinski definition) is 2. The molecule has 1 unspecified atom stereocenters. The summed E-state index contributed by atoms with van der Waals surface area (Å²) in [6.45, 7) is 6.73. The summed E-state index contributed by atoms with van der Waals surface area (Å²) in [5.74, 6) is 3.93. The highest BCUT2D eigenvalue weighted by molar-refractivity contribution is 7.80. The second-order valence-electron chi connectivity index (χ2n) is 9.70. The summed E-state index contributed by atoms with van der Waals surface area (Å²) >= 11 is 5.60. The molecular weight excluding hydrogens is 468 g/mol. The first kappa shape index (κ1) is 24.3. The van der Waals surface area contributed by atoms with Crippen molar-refractivity contribution in [3.05, 3.63) is 71.3 Å². The number of methoxy groups -OCH3 is 1. The van der Waals surface area contributed by atoms with Gasteiger partial charge < -0.3 is 25.2 Å². The van der Waals surface area contributed by atoms with E-state index in [-0.39, 0.29) is 0 Å². The van der Waals surface area contributed by atoms with Crippen LogP contribution in [0.1, 0.15) is 36.5 Å². The lowest BCUT2D eigenvalue weighted by Gasteiger charge is -2.34. The fraction of sp³-hybridized carbons (Fsp3) is 0.393. The normalized spacial score (nSPS) is 17.3. The average molecular weight is 503 g/mol. The Morgan fingerprint density at radius 1 is 1.03 bits per heavy atom. The van der Waals surface area contributed by atoms with Gasteiger partial charge >= 0.3 is 0 Å². The molecule has 7 nitrogen and oxygen atoms in total. The molecule has 2 aromatic carbocycles. The predicted molar refractivity (Wildman–Crippen MR) is 150 cm³/mol. The topological polar surface area (TPSA) is 65.6 Å². The van der Waals surface area contributed by atoms with Crippen LogP contribution in [0.2, 0.25) is 0 Å². The zero-order valence-corrected chi connectivity index (χ0v) is 21.9. The summed E-state index contributed by atoms with van der Waals surface area (Å²) in [6, 6.07) is 18.8. The Morgan fingerprint density at radius 2 is 1.78 bits per heavy atom. The van der Waals surface area contributed by atoms with Crippen molar-refractivity contribution < 1.29 is 4.74 Å². The third kappa shape index (κ3) is 5.87.